The summed E-state index contributed by atoms with van der Waals surface area (Å²) >= 11 is 11.9. The lowest BCUT2D eigenvalue weighted by atomic mass is 9.56. The fraction of sp³-hybridized carbons (Fsp3) is 0.800. The molecule has 158 valence electrons. The van der Waals surface area contributed by atoms with Crippen molar-refractivity contribution in [3.8, 4) is 0 Å². The number of rotatable bonds is 14. The molecule has 0 aliphatic heterocycles. The molecular weight excluding hydrogens is 420 g/mol. The Morgan fingerprint density at radius 2 is 0.963 bits per heavy atom. The van der Waals surface area contributed by atoms with Crippen LogP contribution in [0.25, 0.3) is 0 Å². The molecular formula is C15H26O9S3. The molecule has 6 N–H and O–H groups in total. The maximum atomic E-state index is 11.4. The molecule has 0 aromatic carbocycles. The van der Waals surface area contributed by atoms with Gasteiger partial charge in [0.15, 0.2) is 0 Å². The Balaban J connectivity index is 6.51. The second-order valence-corrected chi connectivity index (χ2v) is 8.40. The molecule has 0 heterocycles. The average molecular weight is 447 g/mol. The third kappa shape index (κ3) is 6.71. The average Bonchev–Trinajstić information content (AvgIpc) is 2.58. The molecule has 3 unspecified atom stereocenters. The van der Waals surface area contributed by atoms with E-state index in [1.807, 2.05) is 0 Å². The summed E-state index contributed by atoms with van der Waals surface area (Å²) < 4.78 is 0. The van der Waals surface area contributed by atoms with E-state index < -0.39 is 64.3 Å². The van der Waals surface area contributed by atoms with Gasteiger partial charge in [0, 0.05) is 12.0 Å². The molecule has 0 saturated heterocycles. The normalized spacial score (nSPS) is 17.6. The van der Waals surface area contributed by atoms with Crippen LogP contribution in [0.3, 0.4) is 0 Å². The number of carboxylic acids is 3. The lowest BCUT2D eigenvalue weighted by Crippen LogP contribution is -2.53. The topological polar surface area (TPSA) is 173 Å². The van der Waals surface area contributed by atoms with E-state index in [9.17, 15) is 45.0 Å². The fourth-order valence-corrected chi connectivity index (χ4v) is 4.34. The molecule has 0 radical (unpaired) electrons. The molecule has 0 spiro atoms. The highest BCUT2D eigenvalue weighted by molar-refractivity contribution is 7.82. The van der Waals surface area contributed by atoms with Crippen LogP contribution < -0.4 is 0 Å². The molecule has 0 aromatic heterocycles. The van der Waals surface area contributed by atoms with Gasteiger partial charge in [-0.2, -0.15) is 37.9 Å². The number of aliphatic carboxylic acids is 3. The maximum Gasteiger partial charge on any atom is 0.316 e. The van der Waals surface area contributed by atoms with Crippen LogP contribution in [0.1, 0.15) is 25.7 Å². The first kappa shape index (κ1) is 26.3. The Morgan fingerprint density at radius 3 is 1.15 bits per heavy atom. The first-order chi connectivity index (χ1) is 12.4. The number of carboxylic acid groups (broad SMARTS) is 3. The third-order valence-electron chi connectivity index (χ3n) is 4.93. The molecule has 27 heavy (non-hydrogen) atoms. The molecule has 0 fully saturated rings. The van der Waals surface area contributed by atoms with Crippen LogP contribution >= 0.6 is 37.9 Å². The van der Waals surface area contributed by atoms with E-state index in [1.165, 1.54) is 0 Å². The van der Waals surface area contributed by atoms with E-state index >= 15 is 0 Å². The molecule has 12 heteroatoms. The summed E-state index contributed by atoms with van der Waals surface area (Å²) in [5.74, 6) is -4.02. The quantitative estimate of drug-likeness (QED) is 0.162. The standard InChI is InChI=1S/C15H26O9S3/c16-2-1-14(6-17,7-18)15(3-8(25)11(19)20,4-9(26)12(21)22)5-10(27)13(23)24/h8-10,16-18,25-27H,1-7H2,(H,19,20)(H,21,22)(H,23,24). The Hall–Kier alpha value is -0.660. The highest BCUT2D eigenvalue weighted by Gasteiger charge is 2.54. The van der Waals surface area contributed by atoms with Gasteiger partial charge in [-0.25, -0.2) is 0 Å². The van der Waals surface area contributed by atoms with Crippen molar-refractivity contribution < 1.29 is 45.0 Å². The van der Waals surface area contributed by atoms with Gasteiger partial charge in [-0.05, 0) is 31.1 Å². The predicted molar refractivity (Wildman–Crippen MR) is 106 cm³/mol. The largest absolute Gasteiger partial charge is 0.480 e. The van der Waals surface area contributed by atoms with Crippen LogP contribution in [0.2, 0.25) is 0 Å². The van der Waals surface area contributed by atoms with Crippen LogP contribution in [0.4, 0.5) is 0 Å². The summed E-state index contributed by atoms with van der Waals surface area (Å²) in [6.45, 7) is -2.00. The second kappa shape index (κ2) is 11.4. The van der Waals surface area contributed by atoms with E-state index in [0.717, 1.165) is 0 Å². The Kier molecular flexibility index (Phi) is 11.1. The first-order valence-corrected chi connectivity index (χ1v) is 9.52. The first-order valence-electron chi connectivity index (χ1n) is 7.97. The zero-order valence-corrected chi connectivity index (χ0v) is 17.1. The zero-order valence-electron chi connectivity index (χ0n) is 14.4. The van der Waals surface area contributed by atoms with Gasteiger partial charge in [0.25, 0.3) is 0 Å². The van der Waals surface area contributed by atoms with Gasteiger partial charge in [-0.3, -0.25) is 14.4 Å². The minimum Gasteiger partial charge on any atom is -0.480 e. The highest BCUT2D eigenvalue weighted by Crippen LogP contribution is 2.53. The zero-order chi connectivity index (χ0) is 21.4. The summed E-state index contributed by atoms with van der Waals surface area (Å²) in [7, 11) is 0. The molecule has 0 aromatic rings. The van der Waals surface area contributed by atoms with Crippen molar-refractivity contribution in [1.82, 2.24) is 0 Å². The van der Waals surface area contributed by atoms with Crippen molar-refractivity contribution in [2.24, 2.45) is 10.8 Å². The molecule has 0 aliphatic carbocycles. The van der Waals surface area contributed by atoms with E-state index in [1.54, 1.807) is 0 Å². The SMILES string of the molecule is O=C(O)C(S)CC(CC(S)C(=O)O)(CC(S)C(=O)O)C(CO)(CO)CCO. The minimum atomic E-state index is -1.58. The van der Waals surface area contributed by atoms with Crippen LogP contribution in [0.5, 0.6) is 0 Å². The molecule has 0 aliphatic rings. The van der Waals surface area contributed by atoms with Crippen molar-refractivity contribution in [2.45, 2.75) is 41.4 Å². The lowest BCUT2D eigenvalue weighted by molar-refractivity contribution is -0.143. The minimum absolute atomic E-state index is 0.222. The summed E-state index contributed by atoms with van der Waals surface area (Å²) in [5, 5.41) is 53.2. The van der Waals surface area contributed by atoms with Gasteiger partial charge in [-0.15, -0.1) is 0 Å². The lowest BCUT2D eigenvalue weighted by Gasteiger charge is -2.51. The molecule has 0 rings (SSSR count). The van der Waals surface area contributed by atoms with E-state index in [2.05, 4.69) is 37.9 Å². The Morgan fingerprint density at radius 1 is 0.667 bits per heavy atom. The summed E-state index contributed by atoms with van der Waals surface area (Å²) in [4.78, 5) is 34.1. The number of aliphatic hydroxyl groups is 3. The highest BCUT2D eigenvalue weighted by atomic mass is 32.1. The van der Waals surface area contributed by atoms with E-state index in [-0.39, 0.29) is 25.7 Å². The molecule has 0 saturated carbocycles. The van der Waals surface area contributed by atoms with Crippen LogP contribution in [-0.4, -0.2) is 84.1 Å². The van der Waals surface area contributed by atoms with Gasteiger partial charge in [0.2, 0.25) is 0 Å². The van der Waals surface area contributed by atoms with Crippen molar-refractivity contribution in [1.29, 1.82) is 0 Å². The van der Waals surface area contributed by atoms with Crippen LogP contribution in [0, 0.1) is 10.8 Å². The number of thiol groups is 3. The van der Waals surface area contributed by atoms with Crippen LogP contribution in [0.15, 0.2) is 0 Å². The number of hydrogen-bond donors (Lipinski definition) is 9. The van der Waals surface area contributed by atoms with Crippen LogP contribution in [-0.2, 0) is 14.4 Å². The number of carbonyl (C=O) groups is 3. The monoisotopic (exact) mass is 446 g/mol. The molecule has 9 nitrogen and oxygen atoms in total. The van der Waals surface area contributed by atoms with Gasteiger partial charge in [-0.1, -0.05) is 0 Å². The predicted octanol–water partition coefficient (Wildman–Crippen LogP) is -0.354. The smallest absolute Gasteiger partial charge is 0.316 e. The van der Waals surface area contributed by atoms with Gasteiger partial charge < -0.3 is 30.6 Å². The van der Waals surface area contributed by atoms with E-state index in [4.69, 9.17) is 0 Å². The maximum absolute atomic E-state index is 11.4. The molecule has 3 atom stereocenters. The van der Waals surface area contributed by atoms with Crippen molar-refractivity contribution >= 4 is 55.8 Å². The molecule has 0 amide bonds. The van der Waals surface area contributed by atoms with Gasteiger partial charge in [0.05, 0.1) is 29.0 Å². The number of aliphatic hydroxyl groups excluding tert-OH is 3. The Bertz CT molecular complexity index is 470. The van der Waals surface area contributed by atoms with E-state index in [0.29, 0.717) is 0 Å². The van der Waals surface area contributed by atoms with Gasteiger partial charge >= 0.3 is 17.9 Å². The second-order valence-electron chi connectivity index (χ2n) is 6.52. The Labute approximate surface area is 173 Å². The third-order valence-corrected chi connectivity index (χ3v) is 6.14. The number of hydrogen-bond acceptors (Lipinski definition) is 9. The summed E-state index contributed by atoms with van der Waals surface area (Å²) in [6.07, 6.45) is -1.34. The summed E-state index contributed by atoms with van der Waals surface area (Å²) in [6, 6.07) is 0. The van der Waals surface area contributed by atoms with Gasteiger partial charge in [0.1, 0.15) is 0 Å². The molecule has 0 bridgehead atoms. The van der Waals surface area contributed by atoms with Crippen molar-refractivity contribution in [3.63, 3.8) is 0 Å². The summed E-state index contributed by atoms with van der Waals surface area (Å²) in [5.41, 5.74) is -3.13. The van der Waals surface area contributed by atoms with Crippen molar-refractivity contribution in [3.05, 3.63) is 0 Å². The fourth-order valence-electron chi connectivity index (χ4n) is 3.29. The van der Waals surface area contributed by atoms with Crippen molar-refractivity contribution in [2.75, 3.05) is 19.8 Å².